The van der Waals surface area contributed by atoms with E-state index in [0.717, 1.165) is 5.56 Å². The molecule has 0 saturated heterocycles. The molecule has 0 spiro atoms. The highest BCUT2D eigenvalue weighted by Gasteiger charge is 2.24. The first-order valence-electron chi connectivity index (χ1n) is 6.94. The van der Waals surface area contributed by atoms with Crippen LogP contribution < -0.4 is 0 Å². The molecule has 4 nitrogen and oxygen atoms in total. The van der Waals surface area contributed by atoms with Gasteiger partial charge in [-0.2, -0.15) is 0 Å². The maximum absolute atomic E-state index is 12.2. The van der Waals surface area contributed by atoms with Crippen molar-refractivity contribution in [3.63, 3.8) is 0 Å². The number of pyridine rings is 1. The van der Waals surface area contributed by atoms with E-state index in [1.807, 2.05) is 32.9 Å². The Labute approximate surface area is 121 Å². The zero-order chi connectivity index (χ0) is 15.2. The summed E-state index contributed by atoms with van der Waals surface area (Å²) in [7, 11) is 0. The van der Waals surface area contributed by atoms with Crippen LogP contribution in [0.15, 0.2) is 29.5 Å². The molecule has 0 saturated carbocycles. The number of carbonyl (C=O) groups is 1. The number of hydrogen-bond acceptors (Lipinski definition) is 4. The van der Waals surface area contributed by atoms with Crippen LogP contribution >= 0.6 is 0 Å². The normalized spacial score (nSPS) is 13.7. The van der Waals surface area contributed by atoms with E-state index in [0.29, 0.717) is 12.3 Å². The number of aromatic nitrogens is 1. The zero-order valence-electron chi connectivity index (χ0n) is 13.0. The van der Waals surface area contributed by atoms with Gasteiger partial charge in [0.25, 0.3) is 0 Å². The lowest BCUT2D eigenvalue weighted by Gasteiger charge is -2.23. The Morgan fingerprint density at radius 1 is 1.45 bits per heavy atom. The van der Waals surface area contributed by atoms with Crippen LogP contribution in [0.5, 0.6) is 0 Å². The third kappa shape index (κ3) is 6.45. The van der Waals surface area contributed by atoms with E-state index in [-0.39, 0.29) is 5.97 Å². The summed E-state index contributed by atoms with van der Waals surface area (Å²) in [4.78, 5) is 20.6. The van der Waals surface area contributed by atoms with Crippen LogP contribution in [-0.2, 0) is 9.53 Å². The van der Waals surface area contributed by atoms with Crippen LogP contribution in [0.3, 0.4) is 0 Å². The summed E-state index contributed by atoms with van der Waals surface area (Å²) in [6.45, 7) is 9.72. The molecular formula is C16H24N2O2. The van der Waals surface area contributed by atoms with Gasteiger partial charge in [-0.05, 0) is 39.2 Å². The molecule has 0 aliphatic carbocycles. The van der Waals surface area contributed by atoms with Crippen molar-refractivity contribution in [3.05, 3.63) is 30.1 Å². The predicted octanol–water partition coefficient (Wildman–Crippen LogP) is 3.26. The van der Waals surface area contributed by atoms with Crippen molar-refractivity contribution in [3.8, 4) is 0 Å². The van der Waals surface area contributed by atoms with Crippen LogP contribution in [0.4, 0.5) is 0 Å². The number of nitrogens with zero attached hydrogens (tertiary/aromatic N) is 2. The zero-order valence-corrected chi connectivity index (χ0v) is 13.0. The van der Waals surface area contributed by atoms with Gasteiger partial charge in [0.1, 0.15) is 11.6 Å². The molecule has 0 aromatic carbocycles. The van der Waals surface area contributed by atoms with Gasteiger partial charge >= 0.3 is 5.97 Å². The van der Waals surface area contributed by atoms with E-state index in [1.165, 1.54) is 0 Å². The Hall–Kier alpha value is -1.71. The smallest absolute Gasteiger partial charge is 0.331 e. The van der Waals surface area contributed by atoms with Crippen LogP contribution in [0, 0.1) is 5.92 Å². The van der Waals surface area contributed by atoms with Crippen LogP contribution in [0.1, 0.15) is 46.6 Å². The highest BCUT2D eigenvalue weighted by atomic mass is 16.6. The van der Waals surface area contributed by atoms with Crippen molar-refractivity contribution >= 4 is 12.2 Å². The van der Waals surface area contributed by atoms with E-state index in [2.05, 4.69) is 23.8 Å². The van der Waals surface area contributed by atoms with Gasteiger partial charge < -0.3 is 4.74 Å². The van der Waals surface area contributed by atoms with Gasteiger partial charge in [0.2, 0.25) is 0 Å². The van der Waals surface area contributed by atoms with E-state index >= 15 is 0 Å². The van der Waals surface area contributed by atoms with Gasteiger partial charge in [-0.25, -0.2) is 4.79 Å². The summed E-state index contributed by atoms with van der Waals surface area (Å²) in [6, 6.07) is 3.28. The molecule has 0 N–H and O–H groups in total. The van der Waals surface area contributed by atoms with Gasteiger partial charge in [0.05, 0.1) is 0 Å². The standard InChI is InChI=1S/C16H24N2O2/c1-12(2)9-14(15(19)20-16(3,4)5)18-11-13-7-6-8-17-10-13/h6-8,10-12,14H,9H2,1-5H3. The summed E-state index contributed by atoms with van der Waals surface area (Å²) < 4.78 is 5.42. The van der Waals surface area contributed by atoms with E-state index in [9.17, 15) is 4.79 Å². The fourth-order valence-electron chi connectivity index (χ4n) is 1.66. The van der Waals surface area contributed by atoms with Crippen LogP contribution in [0.2, 0.25) is 0 Å². The third-order valence-corrected chi connectivity index (χ3v) is 2.46. The fraction of sp³-hybridized carbons (Fsp3) is 0.562. The molecule has 0 radical (unpaired) electrons. The lowest BCUT2D eigenvalue weighted by molar-refractivity contribution is -0.156. The minimum Gasteiger partial charge on any atom is -0.458 e. The summed E-state index contributed by atoms with van der Waals surface area (Å²) in [5, 5.41) is 0. The Balaban J connectivity index is 2.79. The topological polar surface area (TPSA) is 51.5 Å². The van der Waals surface area contributed by atoms with E-state index < -0.39 is 11.6 Å². The molecule has 1 unspecified atom stereocenters. The summed E-state index contributed by atoms with van der Waals surface area (Å²) in [5.41, 5.74) is 0.390. The van der Waals surface area contributed by atoms with E-state index in [4.69, 9.17) is 4.74 Å². The largest absolute Gasteiger partial charge is 0.458 e. The van der Waals surface area contributed by atoms with Crippen molar-refractivity contribution in [1.29, 1.82) is 0 Å². The Morgan fingerprint density at radius 2 is 2.15 bits per heavy atom. The second-order valence-electron chi connectivity index (χ2n) is 6.24. The minimum atomic E-state index is -0.490. The van der Waals surface area contributed by atoms with E-state index in [1.54, 1.807) is 18.6 Å². The second-order valence-corrected chi connectivity index (χ2v) is 6.24. The molecule has 4 heteroatoms. The molecule has 1 aromatic rings. The van der Waals surface area contributed by atoms with Gasteiger partial charge in [-0.15, -0.1) is 0 Å². The SMILES string of the molecule is CC(C)CC(N=Cc1cccnc1)C(=O)OC(C)(C)C. The molecule has 0 fully saturated rings. The monoisotopic (exact) mass is 276 g/mol. The lowest BCUT2D eigenvalue weighted by atomic mass is 10.0. The van der Waals surface area contributed by atoms with Crippen molar-refractivity contribution in [1.82, 2.24) is 4.98 Å². The lowest BCUT2D eigenvalue weighted by Crippen LogP contribution is -2.31. The van der Waals surface area contributed by atoms with Crippen molar-refractivity contribution in [2.24, 2.45) is 10.9 Å². The first kappa shape index (κ1) is 16.3. The molecule has 20 heavy (non-hydrogen) atoms. The van der Waals surface area contributed by atoms with Gasteiger partial charge in [-0.3, -0.25) is 9.98 Å². The molecule has 1 rings (SSSR count). The Morgan fingerprint density at radius 3 is 2.65 bits per heavy atom. The fourth-order valence-corrected chi connectivity index (χ4v) is 1.66. The average molecular weight is 276 g/mol. The molecule has 0 aliphatic rings. The number of hydrogen-bond donors (Lipinski definition) is 0. The highest BCUT2D eigenvalue weighted by Crippen LogP contribution is 2.15. The second kappa shape index (κ2) is 7.17. The first-order chi connectivity index (χ1) is 9.28. The number of aliphatic imine (C=N–C) groups is 1. The number of ether oxygens (including phenoxy) is 1. The summed E-state index contributed by atoms with van der Waals surface area (Å²) >= 11 is 0. The maximum atomic E-state index is 12.2. The van der Waals surface area contributed by atoms with Crippen molar-refractivity contribution in [2.45, 2.75) is 52.7 Å². The van der Waals surface area contributed by atoms with Crippen LogP contribution in [0.25, 0.3) is 0 Å². The summed E-state index contributed by atoms with van der Waals surface area (Å²) in [6.07, 6.45) is 5.78. The molecule has 1 atom stereocenters. The van der Waals surface area contributed by atoms with Crippen LogP contribution in [-0.4, -0.2) is 28.8 Å². The quantitative estimate of drug-likeness (QED) is 0.612. The van der Waals surface area contributed by atoms with Gasteiger partial charge in [0.15, 0.2) is 0 Å². The molecule has 0 amide bonds. The average Bonchev–Trinajstić information content (AvgIpc) is 2.33. The molecule has 1 aromatic heterocycles. The Kier molecular flexibility index (Phi) is 5.86. The minimum absolute atomic E-state index is 0.272. The number of carbonyl (C=O) groups excluding carboxylic acids is 1. The van der Waals surface area contributed by atoms with Gasteiger partial charge in [-0.1, -0.05) is 19.9 Å². The third-order valence-electron chi connectivity index (χ3n) is 2.46. The number of rotatable bonds is 5. The van der Waals surface area contributed by atoms with Gasteiger partial charge in [0, 0.05) is 24.2 Å². The molecule has 1 heterocycles. The Bertz CT molecular complexity index is 447. The maximum Gasteiger partial charge on any atom is 0.331 e. The molecule has 110 valence electrons. The first-order valence-corrected chi connectivity index (χ1v) is 6.94. The molecular weight excluding hydrogens is 252 g/mol. The number of esters is 1. The highest BCUT2D eigenvalue weighted by molar-refractivity contribution is 5.83. The summed E-state index contributed by atoms with van der Waals surface area (Å²) in [5.74, 6) is 0.102. The molecule has 0 aliphatic heterocycles. The predicted molar refractivity (Wildman–Crippen MR) is 80.9 cm³/mol. The molecule has 0 bridgehead atoms. The van der Waals surface area contributed by atoms with Crippen molar-refractivity contribution < 1.29 is 9.53 Å². The van der Waals surface area contributed by atoms with Crippen molar-refractivity contribution in [2.75, 3.05) is 0 Å².